The number of carbonyl (C=O) groups is 1. The van der Waals surface area contributed by atoms with Crippen LogP contribution in [0.3, 0.4) is 0 Å². The Labute approximate surface area is 206 Å². The summed E-state index contributed by atoms with van der Waals surface area (Å²) in [4.78, 5) is 25.0. The van der Waals surface area contributed by atoms with Crippen molar-refractivity contribution < 1.29 is 19.4 Å². The normalized spacial score (nSPS) is 11.6. The quantitative estimate of drug-likeness (QED) is 0.280. The first-order valence-electron chi connectivity index (χ1n) is 10.7. The van der Waals surface area contributed by atoms with Crippen molar-refractivity contribution in [1.82, 2.24) is 0 Å². The summed E-state index contributed by atoms with van der Waals surface area (Å²) >= 11 is 13.3. The number of hydrogen-bond donors (Lipinski definition) is 2. The van der Waals surface area contributed by atoms with E-state index >= 15 is 0 Å². The molecule has 1 aliphatic carbocycles. The van der Waals surface area contributed by atoms with Crippen LogP contribution in [0.2, 0.25) is 10.0 Å². The maximum absolute atomic E-state index is 13.0. The number of carboxylic acid groups (broad SMARTS) is 1. The van der Waals surface area contributed by atoms with Gasteiger partial charge < -0.3 is 14.6 Å². The highest BCUT2D eigenvalue weighted by Gasteiger charge is 2.31. The number of halogens is 2. The molecule has 2 aliphatic rings. The Morgan fingerprint density at radius 2 is 1.41 bits per heavy atom. The van der Waals surface area contributed by atoms with E-state index in [4.69, 9.17) is 27.6 Å². The van der Waals surface area contributed by atoms with E-state index in [0.717, 1.165) is 5.56 Å². The van der Waals surface area contributed by atoms with Crippen molar-refractivity contribution >= 4 is 40.1 Å². The lowest BCUT2D eigenvalue weighted by Crippen LogP contribution is -2.15. The molecule has 0 saturated heterocycles. The predicted octanol–water partition coefficient (Wildman–Crippen LogP) is 7.43. The van der Waals surface area contributed by atoms with Crippen LogP contribution in [0.25, 0.3) is 33.4 Å². The van der Waals surface area contributed by atoms with Gasteiger partial charge in [-0.2, -0.15) is 0 Å². The van der Waals surface area contributed by atoms with Gasteiger partial charge in [0.15, 0.2) is 5.43 Å². The monoisotopic (exact) mass is 498 g/mol. The second-order valence-electron chi connectivity index (χ2n) is 8.84. The van der Waals surface area contributed by atoms with Gasteiger partial charge in [-0.1, -0.05) is 23.2 Å². The fraction of sp³-hybridized carbons (Fsp3) is 0.259. The molecule has 0 amide bonds. The zero-order valence-electron chi connectivity index (χ0n) is 20.0. The van der Waals surface area contributed by atoms with Gasteiger partial charge >= 0.3 is 5.97 Å². The number of rotatable bonds is 2. The molecule has 7 heteroatoms. The first-order valence-corrected chi connectivity index (χ1v) is 11.5. The molecule has 2 aromatic carbocycles. The molecule has 1 heterocycles. The Hall–Kier alpha value is -3.02. The number of aryl methyl sites for hydroxylation is 2. The molecule has 0 atom stereocenters. The molecule has 0 unspecified atom stereocenters. The van der Waals surface area contributed by atoms with Crippen LogP contribution in [0.15, 0.2) is 15.3 Å². The van der Waals surface area contributed by atoms with Crippen molar-refractivity contribution in [2.45, 2.75) is 48.5 Å². The number of phenolic OH excluding ortho intramolecular Hbond substituents is 1. The summed E-state index contributed by atoms with van der Waals surface area (Å²) < 4.78 is 6.34. The number of fused-ring (bicyclic) bond motifs is 2. The number of phenols is 1. The second kappa shape index (κ2) is 8.03. The first kappa shape index (κ1) is 24.1. The Morgan fingerprint density at radius 1 is 0.794 bits per heavy atom. The Bertz CT molecular complexity index is 1590. The van der Waals surface area contributed by atoms with Gasteiger partial charge in [-0.05, 0) is 76.8 Å². The average Bonchev–Trinajstić information content (AvgIpc) is 2.79. The molecule has 176 valence electrons. The molecule has 5 nitrogen and oxygen atoms in total. The molecule has 0 bridgehead atoms. The van der Waals surface area contributed by atoms with Crippen LogP contribution < -0.4 is 5.43 Å². The van der Waals surface area contributed by atoms with Gasteiger partial charge in [0.1, 0.15) is 17.1 Å². The summed E-state index contributed by atoms with van der Waals surface area (Å²) in [7, 11) is 0. The minimum atomic E-state index is -1.20. The van der Waals surface area contributed by atoms with Gasteiger partial charge in [0.2, 0.25) is 0 Å². The lowest BCUT2D eigenvalue weighted by atomic mass is 9.82. The molecule has 0 aromatic heterocycles. The van der Waals surface area contributed by atoms with Crippen LogP contribution in [0, 0.1) is 48.5 Å². The molecule has 0 saturated carbocycles. The average molecular weight is 499 g/mol. The van der Waals surface area contributed by atoms with E-state index in [1.54, 1.807) is 27.7 Å². The van der Waals surface area contributed by atoms with E-state index in [0.29, 0.717) is 66.8 Å². The second-order valence-corrected chi connectivity index (χ2v) is 9.62. The number of carboxylic acids is 1. The molecule has 4 rings (SSSR count). The molecule has 0 radical (unpaired) electrons. The summed E-state index contributed by atoms with van der Waals surface area (Å²) in [5.41, 5.74) is 6.16. The molecule has 0 spiro atoms. The van der Waals surface area contributed by atoms with Crippen LogP contribution in [0.5, 0.6) is 5.75 Å². The number of benzene rings is 3. The highest BCUT2D eigenvalue weighted by atomic mass is 35.5. The van der Waals surface area contributed by atoms with Gasteiger partial charge in [0.25, 0.3) is 0 Å². The summed E-state index contributed by atoms with van der Waals surface area (Å²) in [5.74, 6) is -0.730. The van der Waals surface area contributed by atoms with E-state index in [-0.39, 0.29) is 26.8 Å². The van der Waals surface area contributed by atoms with E-state index in [2.05, 4.69) is 0 Å². The lowest BCUT2D eigenvalue weighted by Gasteiger charge is -2.25. The van der Waals surface area contributed by atoms with Crippen molar-refractivity contribution in [2.75, 3.05) is 0 Å². The molecule has 0 fully saturated rings. The van der Waals surface area contributed by atoms with Crippen LogP contribution in [0.1, 0.15) is 49.3 Å². The Kier molecular flexibility index (Phi) is 5.70. The first-order chi connectivity index (χ1) is 15.8. The minimum absolute atomic E-state index is 0.0480. The van der Waals surface area contributed by atoms with E-state index < -0.39 is 5.97 Å². The topological polar surface area (TPSA) is 87.7 Å². The zero-order valence-corrected chi connectivity index (χ0v) is 21.5. The van der Waals surface area contributed by atoms with Crippen LogP contribution in [-0.4, -0.2) is 16.2 Å². The molecule has 1 aliphatic heterocycles. The zero-order chi connectivity index (χ0) is 25.4. The third kappa shape index (κ3) is 3.14. The third-order valence-electron chi connectivity index (χ3n) is 7.05. The third-order valence-corrected chi connectivity index (χ3v) is 7.83. The maximum Gasteiger partial charge on any atom is 0.337 e. The number of aromatic carboxylic acids is 1. The Balaban J connectivity index is 2.48. The molecule has 2 N–H and O–H groups in total. The van der Waals surface area contributed by atoms with Crippen molar-refractivity contribution in [3.05, 3.63) is 70.8 Å². The van der Waals surface area contributed by atoms with Gasteiger partial charge in [0.05, 0.1) is 10.6 Å². The summed E-state index contributed by atoms with van der Waals surface area (Å²) in [6.45, 7) is 12.5. The van der Waals surface area contributed by atoms with Crippen molar-refractivity contribution in [3.8, 4) is 28.2 Å². The van der Waals surface area contributed by atoms with Crippen molar-refractivity contribution in [3.63, 3.8) is 0 Å². The van der Waals surface area contributed by atoms with Crippen molar-refractivity contribution in [2.24, 2.45) is 0 Å². The minimum Gasteiger partial charge on any atom is -0.507 e. The van der Waals surface area contributed by atoms with Gasteiger partial charge in [-0.15, -0.1) is 0 Å². The summed E-state index contributed by atoms with van der Waals surface area (Å²) in [6, 6.07) is 1.34. The van der Waals surface area contributed by atoms with E-state index in [9.17, 15) is 19.8 Å². The predicted molar refractivity (Wildman–Crippen MR) is 136 cm³/mol. The Morgan fingerprint density at radius 3 is 2.00 bits per heavy atom. The fourth-order valence-corrected chi connectivity index (χ4v) is 5.29. The molecular formula is C27H24Cl2O5. The summed E-state index contributed by atoms with van der Waals surface area (Å²) in [6.07, 6.45) is 0. The van der Waals surface area contributed by atoms with Crippen molar-refractivity contribution in [1.29, 1.82) is 0 Å². The largest absolute Gasteiger partial charge is 0.507 e. The van der Waals surface area contributed by atoms with Gasteiger partial charge in [-0.3, -0.25) is 4.79 Å². The van der Waals surface area contributed by atoms with Gasteiger partial charge in [0, 0.05) is 43.8 Å². The SMILES string of the molecule is Cc1c(Cl)cc(C(=O)O)c(Cl)c1-c1c2c(C)c(C)c(=O)c(C)c-2oc2c(C)c(O)c(C)c(C)c12. The van der Waals surface area contributed by atoms with E-state index in [1.807, 2.05) is 20.8 Å². The highest BCUT2D eigenvalue weighted by molar-refractivity contribution is 6.39. The lowest BCUT2D eigenvalue weighted by molar-refractivity contribution is 0.0697. The van der Waals surface area contributed by atoms with E-state index in [1.165, 1.54) is 6.07 Å². The fourth-order valence-electron chi connectivity index (χ4n) is 4.72. The summed E-state index contributed by atoms with van der Waals surface area (Å²) in [5, 5.41) is 21.6. The van der Waals surface area contributed by atoms with Crippen LogP contribution in [0.4, 0.5) is 0 Å². The van der Waals surface area contributed by atoms with Gasteiger partial charge in [-0.25, -0.2) is 4.79 Å². The molecule has 2 aromatic rings. The standard InChI is InChI=1S/C27H24Cl2O5/c1-9-11(3)23(30)14(6)25-19(9)21(18-13(5)17(28)8-16(22(18)29)27(32)33)20-10(2)12(4)24(31)15(7)26(20)34-25/h8,30H,1-7H3,(H,32,33). The maximum atomic E-state index is 13.0. The van der Waals surface area contributed by atoms with Crippen LogP contribution >= 0.6 is 23.2 Å². The molecular weight excluding hydrogens is 475 g/mol. The highest BCUT2D eigenvalue weighted by Crippen LogP contribution is 2.51. The van der Waals surface area contributed by atoms with Crippen LogP contribution in [-0.2, 0) is 0 Å². The number of aromatic hydroxyl groups is 1. The smallest absolute Gasteiger partial charge is 0.337 e. The number of hydrogen-bond acceptors (Lipinski definition) is 4. The molecule has 34 heavy (non-hydrogen) atoms.